The molecule has 2 N–H and O–H groups in total. The topological polar surface area (TPSA) is 106 Å². The van der Waals surface area contributed by atoms with E-state index in [2.05, 4.69) is 20.3 Å². The number of ether oxygens (including phenoxy) is 2. The van der Waals surface area contributed by atoms with Crippen LogP contribution in [0, 0.1) is 25.5 Å². The number of aromatic hydroxyl groups is 1. The molecule has 3 aromatic heterocycles. The lowest BCUT2D eigenvalue weighted by atomic mass is 9.96. The lowest BCUT2D eigenvalue weighted by molar-refractivity contribution is 0.102. The molecule has 5 aromatic rings. The number of hydrogen-bond acceptors (Lipinski definition) is 7. The summed E-state index contributed by atoms with van der Waals surface area (Å²) in [5.74, 6) is -1.55. The van der Waals surface area contributed by atoms with E-state index in [-0.39, 0.29) is 28.5 Å². The normalized spacial score (nSPS) is 11.0. The van der Waals surface area contributed by atoms with Gasteiger partial charge in [-0.1, -0.05) is 13.0 Å². The number of amides is 1. The van der Waals surface area contributed by atoms with Crippen molar-refractivity contribution >= 4 is 22.6 Å². The molecule has 0 saturated carbocycles. The van der Waals surface area contributed by atoms with Crippen LogP contribution >= 0.6 is 0 Å². The Morgan fingerprint density at radius 2 is 1.83 bits per heavy atom. The molecule has 0 aliphatic heterocycles. The van der Waals surface area contributed by atoms with Gasteiger partial charge in [0.25, 0.3) is 5.91 Å². The number of aryl methyl sites for hydroxylation is 3. The Kier molecular flexibility index (Phi) is 7.47. The van der Waals surface area contributed by atoms with Gasteiger partial charge in [-0.3, -0.25) is 14.8 Å². The van der Waals surface area contributed by atoms with Crippen molar-refractivity contribution in [3.05, 3.63) is 94.9 Å². The van der Waals surface area contributed by atoms with E-state index in [1.165, 1.54) is 43.6 Å². The molecule has 3 heterocycles. The molecule has 5 rings (SSSR count). The minimum Gasteiger partial charge on any atom is -0.506 e. The Hall–Kier alpha value is -5.12. The van der Waals surface area contributed by atoms with Crippen LogP contribution < -0.4 is 14.8 Å². The molecule has 0 aliphatic carbocycles. The maximum Gasteiger partial charge on any atom is 0.261 e. The van der Waals surface area contributed by atoms with Crippen LogP contribution in [-0.2, 0) is 6.42 Å². The maximum atomic E-state index is 15.1. The number of nitrogens with zero attached hydrogens (tertiary/aromatic N) is 3. The molecular weight excluding hydrogens is 530 g/mol. The van der Waals surface area contributed by atoms with Crippen molar-refractivity contribution in [2.45, 2.75) is 27.2 Å². The predicted molar refractivity (Wildman–Crippen MR) is 151 cm³/mol. The lowest BCUT2D eigenvalue weighted by Gasteiger charge is -2.15. The number of hydrogen-bond donors (Lipinski definition) is 2. The van der Waals surface area contributed by atoms with Crippen LogP contribution in [0.25, 0.3) is 22.2 Å². The van der Waals surface area contributed by atoms with Crippen molar-refractivity contribution in [2.24, 2.45) is 0 Å². The Labute approximate surface area is 234 Å². The Morgan fingerprint density at radius 3 is 2.54 bits per heavy atom. The third-order valence-electron chi connectivity index (χ3n) is 6.64. The summed E-state index contributed by atoms with van der Waals surface area (Å²) in [6, 6.07) is 11.5. The minimum atomic E-state index is -0.737. The standard InChI is InChI=1S/C31H26F2N4O4/c1-5-18-13-24-28(37-31(18)40-4)26(10-11-34-24)41-25-9-7-20(14-23(25)33)36-30(39)22-15-35-17(3)27(29(22)38)21-8-6-19(32)12-16(21)2/h6-15H,5H2,1-4H3,(H,35,38)(H,36,39). The highest BCUT2D eigenvalue weighted by atomic mass is 19.1. The van der Waals surface area contributed by atoms with E-state index in [9.17, 15) is 14.3 Å². The van der Waals surface area contributed by atoms with Crippen LogP contribution in [0.15, 0.2) is 60.9 Å². The number of pyridine rings is 3. The molecule has 10 heteroatoms. The smallest absolute Gasteiger partial charge is 0.261 e. The summed E-state index contributed by atoms with van der Waals surface area (Å²) in [4.78, 5) is 26.1. The van der Waals surface area contributed by atoms with Gasteiger partial charge in [-0.2, -0.15) is 0 Å². The molecule has 8 nitrogen and oxygen atoms in total. The van der Waals surface area contributed by atoms with Crippen LogP contribution in [0.1, 0.15) is 34.1 Å². The van der Waals surface area contributed by atoms with Gasteiger partial charge >= 0.3 is 0 Å². The number of benzene rings is 2. The SMILES string of the molecule is CCc1cc2nccc(Oc3ccc(NC(=O)c4cnc(C)c(-c5ccc(F)cc5C)c4O)cc3F)c2nc1OC. The van der Waals surface area contributed by atoms with Gasteiger partial charge in [0, 0.05) is 47.0 Å². The number of methoxy groups -OCH3 is 1. The fourth-order valence-electron chi connectivity index (χ4n) is 4.55. The second kappa shape index (κ2) is 11.2. The molecule has 41 heavy (non-hydrogen) atoms. The monoisotopic (exact) mass is 556 g/mol. The Morgan fingerprint density at radius 1 is 1.02 bits per heavy atom. The number of anilines is 1. The molecule has 208 valence electrons. The van der Waals surface area contributed by atoms with Gasteiger partial charge in [-0.25, -0.2) is 13.8 Å². The third-order valence-corrected chi connectivity index (χ3v) is 6.64. The largest absolute Gasteiger partial charge is 0.506 e. The van der Waals surface area contributed by atoms with Crippen LogP contribution in [0.3, 0.4) is 0 Å². The average Bonchev–Trinajstić information content (AvgIpc) is 2.94. The van der Waals surface area contributed by atoms with E-state index in [4.69, 9.17) is 9.47 Å². The van der Waals surface area contributed by atoms with Crippen molar-refractivity contribution in [3.8, 4) is 34.3 Å². The molecule has 0 spiro atoms. The number of rotatable bonds is 7. The van der Waals surface area contributed by atoms with E-state index in [0.717, 1.165) is 11.6 Å². The van der Waals surface area contributed by atoms with Gasteiger partial charge in [0.2, 0.25) is 5.88 Å². The zero-order chi connectivity index (χ0) is 29.3. The van der Waals surface area contributed by atoms with Gasteiger partial charge in [-0.05, 0) is 61.7 Å². The van der Waals surface area contributed by atoms with E-state index in [0.29, 0.717) is 45.7 Å². The van der Waals surface area contributed by atoms with Gasteiger partial charge in [0.05, 0.1) is 12.6 Å². The number of aromatic nitrogens is 3. The molecule has 0 unspecified atom stereocenters. The fourth-order valence-corrected chi connectivity index (χ4v) is 4.55. The Bertz CT molecular complexity index is 1810. The molecular formula is C31H26F2N4O4. The molecule has 0 atom stereocenters. The number of fused-ring (bicyclic) bond motifs is 1. The number of carbonyl (C=O) groups excluding carboxylic acids is 1. The number of carbonyl (C=O) groups is 1. The highest BCUT2D eigenvalue weighted by Gasteiger charge is 2.21. The molecule has 0 saturated heterocycles. The quantitative estimate of drug-likeness (QED) is 0.224. The summed E-state index contributed by atoms with van der Waals surface area (Å²) in [5, 5.41) is 13.6. The fraction of sp³-hybridized carbons (Fsp3) is 0.161. The molecule has 2 aromatic carbocycles. The number of halogens is 2. The summed E-state index contributed by atoms with van der Waals surface area (Å²) >= 11 is 0. The first-order valence-corrected chi connectivity index (χ1v) is 12.8. The van der Waals surface area contributed by atoms with Crippen molar-refractivity contribution in [3.63, 3.8) is 0 Å². The van der Waals surface area contributed by atoms with Gasteiger partial charge in [0.15, 0.2) is 17.3 Å². The van der Waals surface area contributed by atoms with Crippen LogP contribution in [-0.4, -0.2) is 33.1 Å². The molecule has 0 bridgehead atoms. The number of nitrogens with one attached hydrogen (secondary N) is 1. The first-order valence-electron chi connectivity index (χ1n) is 12.8. The first-order chi connectivity index (χ1) is 19.7. The summed E-state index contributed by atoms with van der Waals surface area (Å²) in [5.41, 5.74) is 3.76. The van der Waals surface area contributed by atoms with E-state index >= 15 is 4.39 Å². The molecule has 0 fully saturated rings. The highest BCUT2D eigenvalue weighted by Crippen LogP contribution is 2.37. The van der Waals surface area contributed by atoms with Gasteiger partial charge in [-0.15, -0.1) is 0 Å². The van der Waals surface area contributed by atoms with Crippen molar-refractivity contribution in [2.75, 3.05) is 12.4 Å². The summed E-state index contributed by atoms with van der Waals surface area (Å²) in [6.07, 6.45) is 3.47. The van der Waals surface area contributed by atoms with E-state index in [1.807, 2.05) is 13.0 Å². The lowest BCUT2D eigenvalue weighted by Crippen LogP contribution is -2.13. The second-order valence-corrected chi connectivity index (χ2v) is 9.33. The van der Waals surface area contributed by atoms with E-state index < -0.39 is 17.5 Å². The zero-order valence-electron chi connectivity index (χ0n) is 22.8. The summed E-state index contributed by atoms with van der Waals surface area (Å²) < 4.78 is 40.0. The third kappa shape index (κ3) is 5.36. The molecule has 0 radical (unpaired) electrons. The van der Waals surface area contributed by atoms with Gasteiger partial charge in [0.1, 0.15) is 22.6 Å². The predicted octanol–water partition coefficient (Wildman–Crippen LogP) is 6.91. The van der Waals surface area contributed by atoms with E-state index in [1.54, 1.807) is 26.1 Å². The van der Waals surface area contributed by atoms with Crippen molar-refractivity contribution < 1.29 is 28.2 Å². The highest BCUT2D eigenvalue weighted by molar-refractivity contribution is 6.07. The summed E-state index contributed by atoms with van der Waals surface area (Å²) in [6.45, 7) is 5.34. The van der Waals surface area contributed by atoms with Crippen molar-refractivity contribution in [1.82, 2.24) is 15.0 Å². The van der Waals surface area contributed by atoms with Crippen LogP contribution in [0.2, 0.25) is 0 Å². The Balaban J connectivity index is 1.40. The zero-order valence-corrected chi connectivity index (χ0v) is 22.8. The molecule has 1 amide bonds. The van der Waals surface area contributed by atoms with Crippen LogP contribution in [0.5, 0.6) is 23.1 Å². The molecule has 0 aliphatic rings. The second-order valence-electron chi connectivity index (χ2n) is 9.33. The van der Waals surface area contributed by atoms with Crippen LogP contribution in [0.4, 0.5) is 14.5 Å². The van der Waals surface area contributed by atoms with Gasteiger partial charge < -0.3 is 19.9 Å². The minimum absolute atomic E-state index is 0.0928. The maximum absolute atomic E-state index is 15.1. The van der Waals surface area contributed by atoms with Crippen molar-refractivity contribution in [1.29, 1.82) is 0 Å². The average molecular weight is 557 g/mol. The summed E-state index contributed by atoms with van der Waals surface area (Å²) in [7, 11) is 1.52. The first kappa shape index (κ1) is 27.4.